The third-order valence-corrected chi connectivity index (χ3v) is 9.96. The first kappa shape index (κ1) is 19.8. The fraction of sp³-hybridized carbons (Fsp3) is 0.882. The van der Waals surface area contributed by atoms with E-state index in [2.05, 4.69) is 53.5 Å². The van der Waals surface area contributed by atoms with E-state index in [0.717, 1.165) is 38.2 Å². The van der Waals surface area contributed by atoms with Gasteiger partial charge in [-0.15, -0.1) is 0 Å². The van der Waals surface area contributed by atoms with Crippen LogP contribution in [-0.2, 0) is 13.6 Å². The summed E-state index contributed by atoms with van der Waals surface area (Å²) in [6, 6.07) is 0. The van der Waals surface area contributed by atoms with Crippen molar-refractivity contribution in [2.75, 3.05) is 13.2 Å². The molecule has 0 spiro atoms. The summed E-state index contributed by atoms with van der Waals surface area (Å²) in [5, 5.41) is 0.289. The minimum absolute atomic E-state index is 0.289. The summed E-state index contributed by atoms with van der Waals surface area (Å²) >= 11 is 0. The molecule has 1 heterocycles. The van der Waals surface area contributed by atoms with Crippen LogP contribution in [0, 0.1) is 5.92 Å². The molecule has 0 aromatic rings. The quantitative estimate of drug-likeness (QED) is 0.449. The van der Waals surface area contributed by atoms with Gasteiger partial charge in [-0.25, -0.2) is 0 Å². The molecule has 5 heteroatoms. The van der Waals surface area contributed by atoms with E-state index in [4.69, 9.17) is 13.6 Å². The van der Waals surface area contributed by atoms with Crippen molar-refractivity contribution in [1.29, 1.82) is 0 Å². The van der Waals surface area contributed by atoms with Gasteiger partial charge in [0, 0.05) is 12.5 Å². The van der Waals surface area contributed by atoms with Crippen LogP contribution in [0.5, 0.6) is 0 Å². The molecule has 1 rings (SSSR count). The molecule has 0 aromatic heterocycles. The minimum Gasteiger partial charge on any atom is -0.545 e. The highest BCUT2D eigenvalue weighted by atomic mass is 28.4. The highest BCUT2D eigenvalue weighted by Gasteiger charge is 2.37. The lowest BCUT2D eigenvalue weighted by molar-refractivity contribution is 0.150. The first-order chi connectivity index (χ1) is 9.92. The molecule has 1 unspecified atom stereocenters. The standard InChI is InChI=1S/C17H36O3Si2/c1-17(2,3)22(7,8)19-12-9-10-15-11-13-18-14-16(15)20-21(4,5)6/h14-15H,9-13H2,1-8H3. The van der Waals surface area contributed by atoms with Gasteiger partial charge < -0.3 is 13.6 Å². The van der Waals surface area contributed by atoms with Crippen molar-refractivity contribution in [2.24, 2.45) is 5.92 Å². The highest BCUT2D eigenvalue weighted by Crippen LogP contribution is 2.37. The summed E-state index contributed by atoms with van der Waals surface area (Å²) in [6.07, 6.45) is 5.15. The predicted molar refractivity (Wildman–Crippen MR) is 99.0 cm³/mol. The number of hydrogen-bond acceptors (Lipinski definition) is 3. The topological polar surface area (TPSA) is 27.7 Å². The van der Waals surface area contributed by atoms with Gasteiger partial charge >= 0.3 is 0 Å². The molecular weight excluding hydrogens is 308 g/mol. The SMILES string of the molecule is CC(C)(C)[Si](C)(C)OCCCC1CCOC=C1O[Si](C)(C)C. The van der Waals surface area contributed by atoms with Crippen molar-refractivity contribution in [2.45, 2.75) is 77.8 Å². The van der Waals surface area contributed by atoms with Crippen molar-refractivity contribution in [3.63, 3.8) is 0 Å². The maximum absolute atomic E-state index is 6.28. The number of ether oxygens (including phenoxy) is 1. The zero-order valence-electron chi connectivity index (χ0n) is 15.9. The highest BCUT2D eigenvalue weighted by molar-refractivity contribution is 6.74. The molecule has 0 fully saturated rings. The van der Waals surface area contributed by atoms with Crippen molar-refractivity contribution >= 4 is 16.6 Å². The molecule has 0 N–H and O–H groups in total. The van der Waals surface area contributed by atoms with Gasteiger partial charge in [-0.3, -0.25) is 0 Å². The maximum atomic E-state index is 6.28. The fourth-order valence-corrected chi connectivity index (χ4v) is 4.22. The average molecular weight is 345 g/mol. The van der Waals surface area contributed by atoms with Crippen LogP contribution < -0.4 is 0 Å². The summed E-state index contributed by atoms with van der Waals surface area (Å²) in [6.45, 7) is 19.9. The van der Waals surface area contributed by atoms with Crippen LogP contribution in [0.1, 0.15) is 40.0 Å². The van der Waals surface area contributed by atoms with Crippen LogP contribution in [0.4, 0.5) is 0 Å². The van der Waals surface area contributed by atoms with Crippen molar-refractivity contribution in [1.82, 2.24) is 0 Å². The van der Waals surface area contributed by atoms with Crippen molar-refractivity contribution < 1.29 is 13.6 Å². The van der Waals surface area contributed by atoms with E-state index in [1.807, 2.05) is 6.26 Å². The molecule has 0 bridgehead atoms. The molecule has 130 valence electrons. The molecular formula is C17H36O3Si2. The normalized spacial score (nSPS) is 20.4. The van der Waals surface area contributed by atoms with E-state index >= 15 is 0 Å². The van der Waals surface area contributed by atoms with Gasteiger partial charge in [-0.05, 0) is 57.0 Å². The van der Waals surface area contributed by atoms with E-state index in [1.165, 1.54) is 0 Å². The Balaban J connectivity index is 2.43. The lowest BCUT2D eigenvalue weighted by atomic mass is 9.97. The number of allylic oxidation sites excluding steroid dienone is 1. The molecule has 0 radical (unpaired) electrons. The molecule has 0 aromatic carbocycles. The smallest absolute Gasteiger partial charge is 0.241 e. The minimum atomic E-state index is -1.61. The summed E-state index contributed by atoms with van der Waals surface area (Å²) < 4.78 is 17.9. The molecule has 3 nitrogen and oxygen atoms in total. The molecule has 1 aliphatic rings. The maximum Gasteiger partial charge on any atom is 0.241 e. The Hall–Kier alpha value is -0.266. The Morgan fingerprint density at radius 2 is 1.82 bits per heavy atom. The van der Waals surface area contributed by atoms with Crippen molar-refractivity contribution in [3.8, 4) is 0 Å². The second-order valence-corrected chi connectivity index (χ2v) is 18.1. The van der Waals surface area contributed by atoms with Gasteiger partial charge in [0.1, 0.15) is 12.0 Å². The summed E-state index contributed by atoms with van der Waals surface area (Å²) in [7, 11) is -3.17. The number of rotatable bonds is 7. The largest absolute Gasteiger partial charge is 0.545 e. The van der Waals surface area contributed by atoms with Crippen LogP contribution in [-0.4, -0.2) is 29.8 Å². The second-order valence-electron chi connectivity index (χ2n) is 8.84. The molecule has 0 amide bonds. The third kappa shape index (κ3) is 6.46. The van der Waals surface area contributed by atoms with Crippen LogP contribution >= 0.6 is 0 Å². The Morgan fingerprint density at radius 3 is 2.36 bits per heavy atom. The van der Waals surface area contributed by atoms with Gasteiger partial charge in [-0.2, -0.15) is 0 Å². The second kappa shape index (κ2) is 7.54. The third-order valence-electron chi connectivity index (χ3n) is 4.58. The Labute approximate surface area is 139 Å². The monoisotopic (exact) mass is 344 g/mol. The molecule has 1 aliphatic heterocycles. The van der Waals surface area contributed by atoms with E-state index in [9.17, 15) is 0 Å². The van der Waals surface area contributed by atoms with E-state index in [0.29, 0.717) is 5.92 Å². The molecule has 0 aliphatic carbocycles. The van der Waals surface area contributed by atoms with E-state index in [-0.39, 0.29) is 5.04 Å². The molecule has 1 atom stereocenters. The number of hydrogen-bond donors (Lipinski definition) is 0. The fourth-order valence-electron chi connectivity index (χ4n) is 2.21. The van der Waals surface area contributed by atoms with Gasteiger partial charge in [0.2, 0.25) is 8.32 Å². The van der Waals surface area contributed by atoms with Crippen LogP contribution in [0.3, 0.4) is 0 Å². The van der Waals surface area contributed by atoms with E-state index in [1.54, 1.807) is 0 Å². The summed E-state index contributed by atoms with van der Waals surface area (Å²) in [5.41, 5.74) is 0. The van der Waals surface area contributed by atoms with Gasteiger partial charge in [0.25, 0.3) is 0 Å². The lowest BCUT2D eigenvalue weighted by Crippen LogP contribution is -2.41. The summed E-state index contributed by atoms with van der Waals surface area (Å²) in [4.78, 5) is 0. The molecule has 0 saturated carbocycles. The molecule has 0 saturated heterocycles. The van der Waals surface area contributed by atoms with Crippen LogP contribution in [0.15, 0.2) is 12.0 Å². The average Bonchev–Trinajstić information content (AvgIpc) is 2.33. The predicted octanol–water partition coefficient (Wildman–Crippen LogP) is 5.52. The first-order valence-electron chi connectivity index (χ1n) is 8.57. The Kier molecular flexibility index (Phi) is 6.77. The van der Waals surface area contributed by atoms with E-state index < -0.39 is 16.6 Å². The van der Waals surface area contributed by atoms with Crippen LogP contribution in [0.25, 0.3) is 0 Å². The van der Waals surface area contributed by atoms with Crippen LogP contribution in [0.2, 0.25) is 37.8 Å². The Bertz CT molecular complexity index is 378. The first-order valence-corrected chi connectivity index (χ1v) is 14.9. The summed E-state index contributed by atoms with van der Waals surface area (Å²) in [5.74, 6) is 1.57. The van der Waals surface area contributed by atoms with Gasteiger partial charge in [0.15, 0.2) is 8.32 Å². The zero-order valence-corrected chi connectivity index (χ0v) is 17.9. The van der Waals surface area contributed by atoms with Gasteiger partial charge in [0.05, 0.1) is 6.61 Å². The molecule has 22 heavy (non-hydrogen) atoms. The van der Waals surface area contributed by atoms with Gasteiger partial charge in [-0.1, -0.05) is 20.8 Å². The lowest BCUT2D eigenvalue weighted by Gasteiger charge is -2.36. The van der Waals surface area contributed by atoms with Crippen molar-refractivity contribution in [3.05, 3.63) is 12.0 Å². The zero-order chi connectivity index (χ0) is 17.0. The Morgan fingerprint density at radius 1 is 1.18 bits per heavy atom.